The molecular weight excluding hydrogens is 194 g/mol. The first-order valence-electron chi connectivity index (χ1n) is 3.10. The molecule has 3 nitrogen and oxygen atoms in total. The lowest BCUT2D eigenvalue weighted by Gasteiger charge is -1.98. The smallest absolute Gasteiger partial charge is 0.0806 e. The molecule has 0 atom stereocenters. The Kier molecular flexibility index (Phi) is 2.32. The van der Waals surface area contributed by atoms with Crippen LogP contribution in [-0.2, 0) is 6.42 Å². The van der Waals surface area contributed by atoms with Gasteiger partial charge in [0.2, 0.25) is 0 Å². The molecule has 0 aromatic carbocycles. The molecule has 0 aliphatic rings. The fraction of sp³-hybridized carbons (Fsp3) is 0.500. The van der Waals surface area contributed by atoms with Crippen LogP contribution in [0.1, 0.15) is 18.3 Å². The van der Waals surface area contributed by atoms with Crippen molar-refractivity contribution in [1.82, 2.24) is 15.4 Å². The maximum absolute atomic E-state index is 3.85. The van der Waals surface area contributed by atoms with Gasteiger partial charge < -0.3 is 0 Å². The van der Waals surface area contributed by atoms with Crippen molar-refractivity contribution in [1.29, 1.82) is 0 Å². The van der Waals surface area contributed by atoms with Gasteiger partial charge in [-0.3, -0.25) is 0 Å². The molecule has 4 heteroatoms. The Morgan fingerprint density at radius 2 is 2.10 bits per heavy atom. The normalized spacial score (nSPS) is 9.90. The monoisotopic (exact) mass is 201 g/mol. The first-order chi connectivity index (χ1) is 4.75. The van der Waals surface area contributed by atoms with Crippen LogP contribution in [0.2, 0.25) is 0 Å². The van der Waals surface area contributed by atoms with Crippen molar-refractivity contribution in [3.05, 3.63) is 15.9 Å². The quantitative estimate of drug-likeness (QED) is 0.692. The topological polar surface area (TPSA) is 38.7 Å². The third-order valence-corrected chi connectivity index (χ3v) is 2.30. The van der Waals surface area contributed by atoms with Crippen LogP contribution in [0.25, 0.3) is 0 Å². The van der Waals surface area contributed by atoms with Crippen molar-refractivity contribution in [2.24, 2.45) is 0 Å². The van der Waals surface area contributed by atoms with E-state index in [1.54, 1.807) is 0 Å². The minimum atomic E-state index is 0.886. The highest BCUT2D eigenvalue weighted by atomic mass is 79.9. The number of rotatable bonds is 1. The van der Waals surface area contributed by atoms with E-state index in [1.165, 1.54) is 0 Å². The Hall–Kier alpha value is -0.510. The molecule has 0 aliphatic heterocycles. The van der Waals surface area contributed by atoms with Crippen LogP contribution in [0, 0.1) is 6.92 Å². The summed E-state index contributed by atoms with van der Waals surface area (Å²) in [4.78, 5) is 0. The molecule has 0 amide bonds. The number of aromatic nitrogens is 3. The molecule has 0 fully saturated rings. The molecule has 0 aliphatic carbocycles. The zero-order valence-corrected chi connectivity index (χ0v) is 7.51. The van der Waals surface area contributed by atoms with E-state index in [4.69, 9.17) is 0 Å². The van der Waals surface area contributed by atoms with E-state index >= 15 is 0 Å². The van der Waals surface area contributed by atoms with Gasteiger partial charge in [0.15, 0.2) is 0 Å². The zero-order chi connectivity index (χ0) is 7.56. The highest BCUT2D eigenvalue weighted by molar-refractivity contribution is 9.10. The summed E-state index contributed by atoms with van der Waals surface area (Å²) in [6, 6.07) is 0. The Morgan fingerprint density at radius 1 is 1.40 bits per heavy atom. The maximum Gasteiger partial charge on any atom is 0.0806 e. The van der Waals surface area contributed by atoms with Crippen molar-refractivity contribution in [3.63, 3.8) is 0 Å². The summed E-state index contributed by atoms with van der Waals surface area (Å²) in [7, 11) is 0. The van der Waals surface area contributed by atoms with Crippen LogP contribution >= 0.6 is 15.9 Å². The predicted octanol–water partition coefficient (Wildman–Crippen LogP) is 1.50. The molecule has 0 N–H and O–H groups in total. The van der Waals surface area contributed by atoms with E-state index in [1.807, 2.05) is 13.8 Å². The second-order valence-electron chi connectivity index (χ2n) is 1.99. The zero-order valence-electron chi connectivity index (χ0n) is 5.93. The number of hydrogen-bond acceptors (Lipinski definition) is 3. The van der Waals surface area contributed by atoms with Crippen molar-refractivity contribution in [2.45, 2.75) is 20.3 Å². The summed E-state index contributed by atoms with van der Waals surface area (Å²) in [5.74, 6) is 0. The van der Waals surface area contributed by atoms with E-state index in [-0.39, 0.29) is 0 Å². The third kappa shape index (κ3) is 1.31. The Bertz CT molecular complexity index is 236. The van der Waals surface area contributed by atoms with Crippen LogP contribution in [-0.4, -0.2) is 15.4 Å². The van der Waals surface area contributed by atoms with Gasteiger partial charge in [0.25, 0.3) is 0 Å². The molecule has 1 rings (SSSR count). The maximum atomic E-state index is 3.85. The first-order valence-corrected chi connectivity index (χ1v) is 3.89. The summed E-state index contributed by atoms with van der Waals surface area (Å²) in [5, 5.41) is 11.2. The second kappa shape index (κ2) is 3.05. The summed E-state index contributed by atoms with van der Waals surface area (Å²) in [6.07, 6.45) is 0.886. The van der Waals surface area contributed by atoms with Crippen molar-refractivity contribution < 1.29 is 0 Å². The number of halogens is 1. The fourth-order valence-electron chi connectivity index (χ4n) is 0.666. The lowest BCUT2D eigenvalue weighted by molar-refractivity contribution is 0.783. The number of nitrogens with zero attached hydrogens (tertiary/aromatic N) is 3. The van der Waals surface area contributed by atoms with Gasteiger partial charge >= 0.3 is 0 Å². The average molecular weight is 202 g/mol. The summed E-state index contributed by atoms with van der Waals surface area (Å²) < 4.78 is 0.977. The molecule has 0 bridgehead atoms. The van der Waals surface area contributed by atoms with E-state index in [9.17, 15) is 0 Å². The lowest BCUT2D eigenvalue weighted by Crippen LogP contribution is -1.98. The third-order valence-electron chi connectivity index (χ3n) is 1.27. The lowest BCUT2D eigenvalue weighted by atomic mass is 10.3. The molecule has 1 aromatic heterocycles. The van der Waals surface area contributed by atoms with E-state index in [0.29, 0.717) is 0 Å². The van der Waals surface area contributed by atoms with Gasteiger partial charge in [-0.25, -0.2) is 0 Å². The van der Waals surface area contributed by atoms with Gasteiger partial charge in [-0.1, -0.05) is 6.92 Å². The largest absolute Gasteiger partial charge is 0.134 e. The standard InChI is InChI=1S/C6H8BrN3/c1-3-5-6(7)4(2)8-10-9-5/h3H2,1-2H3. The van der Waals surface area contributed by atoms with Crippen molar-refractivity contribution in [3.8, 4) is 0 Å². The van der Waals surface area contributed by atoms with E-state index in [2.05, 4.69) is 31.3 Å². The first kappa shape index (κ1) is 7.60. The Morgan fingerprint density at radius 3 is 2.60 bits per heavy atom. The molecule has 1 heterocycles. The van der Waals surface area contributed by atoms with Crippen molar-refractivity contribution >= 4 is 15.9 Å². The Balaban J connectivity index is 3.14. The molecule has 10 heavy (non-hydrogen) atoms. The van der Waals surface area contributed by atoms with Gasteiger partial charge in [0, 0.05) is 0 Å². The van der Waals surface area contributed by atoms with Gasteiger partial charge in [-0.2, -0.15) is 0 Å². The molecule has 0 unspecified atom stereocenters. The van der Waals surface area contributed by atoms with E-state index in [0.717, 1.165) is 22.3 Å². The van der Waals surface area contributed by atoms with Gasteiger partial charge in [0.05, 0.1) is 15.9 Å². The van der Waals surface area contributed by atoms with Crippen LogP contribution in [0.4, 0.5) is 0 Å². The van der Waals surface area contributed by atoms with Gasteiger partial charge in [-0.05, 0) is 34.5 Å². The summed E-state index contributed by atoms with van der Waals surface area (Å²) in [6.45, 7) is 3.94. The summed E-state index contributed by atoms with van der Waals surface area (Å²) in [5.41, 5.74) is 1.86. The minimum absolute atomic E-state index is 0.886. The predicted molar refractivity (Wildman–Crippen MR) is 41.6 cm³/mol. The SMILES string of the molecule is CCc1nnnc(C)c1Br. The van der Waals surface area contributed by atoms with Gasteiger partial charge in [-0.15, -0.1) is 10.2 Å². The van der Waals surface area contributed by atoms with Gasteiger partial charge in [0.1, 0.15) is 0 Å². The minimum Gasteiger partial charge on any atom is -0.134 e. The van der Waals surface area contributed by atoms with Crippen LogP contribution < -0.4 is 0 Å². The Labute approximate surface area is 68.0 Å². The molecule has 0 saturated carbocycles. The molecule has 0 spiro atoms. The number of aryl methyl sites for hydroxylation is 2. The molecule has 54 valence electrons. The molecular formula is C6H8BrN3. The van der Waals surface area contributed by atoms with Crippen LogP contribution in [0.15, 0.2) is 4.47 Å². The van der Waals surface area contributed by atoms with E-state index < -0.39 is 0 Å². The highest BCUT2D eigenvalue weighted by Gasteiger charge is 2.02. The summed E-state index contributed by atoms with van der Waals surface area (Å²) >= 11 is 3.38. The van der Waals surface area contributed by atoms with Crippen LogP contribution in [0.5, 0.6) is 0 Å². The fourth-order valence-corrected chi connectivity index (χ4v) is 1.10. The molecule has 0 saturated heterocycles. The highest BCUT2D eigenvalue weighted by Crippen LogP contribution is 2.15. The number of hydrogen-bond donors (Lipinski definition) is 0. The van der Waals surface area contributed by atoms with Crippen molar-refractivity contribution in [2.75, 3.05) is 0 Å². The average Bonchev–Trinajstić information content (AvgIpc) is 1.95. The second-order valence-corrected chi connectivity index (χ2v) is 2.78. The van der Waals surface area contributed by atoms with Crippen LogP contribution in [0.3, 0.4) is 0 Å². The molecule has 0 radical (unpaired) electrons. The molecule has 1 aromatic rings.